The van der Waals surface area contributed by atoms with Crippen LogP contribution in [0.5, 0.6) is 0 Å². The van der Waals surface area contributed by atoms with E-state index in [0.29, 0.717) is 6.61 Å². The van der Waals surface area contributed by atoms with Gasteiger partial charge in [0.1, 0.15) is 6.04 Å². The van der Waals surface area contributed by atoms with Gasteiger partial charge in [0.15, 0.2) is 0 Å². The molecule has 3 rings (SSSR count). The summed E-state index contributed by atoms with van der Waals surface area (Å²) in [7, 11) is 0. The smallest absolute Gasteiger partial charge is 0.242 e. The predicted molar refractivity (Wildman–Crippen MR) is 98.3 cm³/mol. The van der Waals surface area contributed by atoms with E-state index in [2.05, 4.69) is 16.8 Å². The molecule has 2 heterocycles. The van der Waals surface area contributed by atoms with E-state index >= 15 is 0 Å². The highest BCUT2D eigenvalue weighted by Gasteiger charge is 2.34. The molecule has 2 fully saturated rings. The summed E-state index contributed by atoms with van der Waals surface area (Å²) in [6.45, 7) is 6.89. The van der Waals surface area contributed by atoms with Crippen molar-refractivity contribution in [1.82, 2.24) is 14.8 Å². The fourth-order valence-corrected chi connectivity index (χ4v) is 3.70. The van der Waals surface area contributed by atoms with Gasteiger partial charge in [-0.15, -0.1) is 0 Å². The molecule has 1 aromatic rings. The maximum Gasteiger partial charge on any atom is 0.242 e. The number of hydrogen-bond acceptors (Lipinski definition) is 4. The van der Waals surface area contributed by atoms with Gasteiger partial charge in [-0.2, -0.15) is 0 Å². The van der Waals surface area contributed by atoms with Crippen molar-refractivity contribution in [2.24, 2.45) is 5.92 Å². The van der Waals surface area contributed by atoms with Crippen LogP contribution in [0, 0.1) is 5.92 Å². The third-order valence-corrected chi connectivity index (χ3v) is 5.41. The Balaban J connectivity index is 1.60. The monoisotopic (exact) mass is 345 g/mol. The Morgan fingerprint density at radius 2 is 2.24 bits per heavy atom. The van der Waals surface area contributed by atoms with E-state index in [1.165, 1.54) is 19.3 Å². The number of morpholine rings is 1. The standard InChI is InChI=1S/C20H31N3O2/c1-2-11-22(12-9-18-8-3-4-10-21-18)20(24)19-16-25-14-13-23(19)15-17-6-5-7-17/h3-4,8,10,17,19H,2,5-7,9,11-16H2,1H3. The first-order valence-electron chi connectivity index (χ1n) is 9.78. The molecule has 1 aliphatic heterocycles. The molecule has 0 N–H and O–H groups in total. The lowest BCUT2D eigenvalue weighted by molar-refractivity contribution is -0.144. The van der Waals surface area contributed by atoms with Gasteiger partial charge in [0.05, 0.1) is 13.2 Å². The first-order chi connectivity index (χ1) is 12.3. The molecule has 1 atom stereocenters. The number of ether oxygens (including phenoxy) is 1. The molecule has 1 saturated heterocycles. The van der Waals surface area contributed by atoms with Crippen molar-refractivity contribution in [3.05, 3.63) is 30.1 Å². The molecule has 0 aromatic carbocycles. The van der Waals surface area contributed by atoms with Gasteiger partial charge in [-0.25, -0.2) is 0 Å². The highest BCUT2D eigenvalue weighted by Crippen LogP contribution is 2.28. The highest BCUT2D eigenvalue weighted by molar-refractivity contribution is 5.82. The van der Waals surface area contributed by atoms with Gasteiger partial charge in [0, 0.05) is 44.5 Å². The van der Waals surface area contributed by atoms with Crippen molar-refractivity contribution in [3.63, 3.8) is 0 Å². The zero-order chi connectivity index (χ0) is 17.5. The molecule has 1 saturated carbocycles. The van der Waals surface area contributed by atoms with Gasteiger partial charge in [0.2, 0.25) is 5.91 Å². The maximum absolute atomic E-state index is 13.2. The lowest BCUT2D eigenvalue weighted by Crippen LogP contribution is -2.56. The Labute approximate surface area is 151 Å². The minimum absolute atomic E-state index is 0.107. The Morgan fingerprint density at radius 1 is 1.36 bits per heavy atom. The summed E-state index contributed by atoms with van der Waals surface area (Å²) in [4.78, 5) is 22.0. The number of aromatic nitrogens is 1. The largest absolute Gasteiger partial charge is 0.378 e. The zero-order valence-corrected chi connectivity index (χ0v) is 15.4. The van der Waals surface area contributed by atoms with E-state index < -0.39 is 0 Å². The molecular formula is C20H31N3O2. The van der Waals surface area contributed by atoms with Gasteiger partial charge in [0.25, 0.3) is 0 Å². The fourth-order valence-electron chi connectivity index (χ4n) is 3.70. The van der Waals surface area contributed by atoms with Crippen LogP contribution in [0.3, 0.4) is 0 Å². The highest BCUT2D eigenvalue weighted by atomic mass is 16.5. The number of rotatable bonds is 8. The van der Waals surface area contributed by atoms with E-state index in [4.69, 9.17) is 4.74 Å². The number of hydrogen-bond donors (Lipinski definition) is 0. The maximum atomic E-state index is 13.2. The molecule has 1 unspecified atom stereocenters. The van der Waals surface area contributed by atoms with Gasteiger partial charge in [-0.3, -0.25) is 14.7 Å². The van der Waals surface area contributed by atoms with Crippen LogP contribution in [0.15, 0.2) is 24.4 Å². The summed E-state index contributed by atoms with van der Waals surface area (Å²) in [6.07, 6.45) is 7.58. The van der Waals surface area contributed by atoms with Crippen LogP contribution in [0.4, 0.5) is 0 Å². The number of pyridine rings is 1. The molecule has 5 nitrogen and oxygen atoms in total. The molecule has 25 heavy (non-hydrogen) atoms. The second-order valence-electron chi connectivity index (χ2n) is 7.28. The third kappa shape index (κ3) is 5.02. The van der Waals surface area contributed by atoms with Crippen LogP contribution in [-0.2, 0) is 16.0 Å². The second-order valence-corrected chi connectivity index (χ2v) is 7.28. The first kappa shape index (κ1) is 18.3. The third-order valence-electron chi connectivity index (χ3n) is 5.41. The van der Waals surface area contributed by atoms with Gasteiger partial charge < -0.3 is 9.64 Å². The average molecular weight is 345 g/mol. The van der Waals surface area contributed by atoms with Crippen LogP contribution >= 0.6 is 0 Å². The number of carbonyl (C=O) groups excluding carboxylic acids is 1. The van der Waals surface area contributed by atoms with Crippen molar-refractivity contribution >= 4 is 5.91 Å². The summed E-state index contributed by atoms with van der Waals surface area (Å²) in [5, 5.41) is 0. The van der Waals surface area contributed by atoms with Gasteiger partial charge in [-0.1, -0.05) is 19.4 Å². The van der Waals surface area contributed by atoms with Crippen LogP contribution < -0.4 is 0 Å². The SMILES string of the molecule is CCCN(CCc1ccccn1)C(=O)C1COCCN1CC1CCC1. The normalized spacial score (nSPS) is 21.7. The second kappa shape index (κ2) is 9.30. The van der Waals surface area contributed by atoms with E-state index in [1.54, 1.807) is 0 Å². The number of carbonyl (C=O) groups is 1. The number of nitrogens with zero attached hydrogens (tertiary/aromatic N) is 3. The van der Waals surface area contributed by atoms with Crippen LogP contribution in [0.25, 0.3) is 0 Å². The zero-order valence-electron chi connectivity index (χ0n) is 15.4. The van der Waals surface area contributed by atoms with Crippen LogP contribution in [-0.4, -0.2) is 66.1 Å². The predicted octanol–water partition coefficient (Wildman–Crippen LogP) is 2.36. The fraction of sp³-hybridized carbons (Fsp3) is 0.700. The Kier molecular flexibility index (Phi) is 6.82. The topological polar surface area (TPSA) is 45.7 Å². The van der Waals surface area contributed by atoms with Crippen molar-refractivity contribution in [2.75, 3.05) is 39.4 Å². The van der Waals surface area contributed by atoms with Gasteiger partial charge >= 0.3 is 0 Å². The molecule has 0 radical (unpaired) electrons. The molecule has 0 bridgehead atoms. The summed E-state index contributed by atoms with van der Waals surface area (Å²) >= 11 is 0. The Morgan fingerprint density at radius 3 is 2.92 bits per heavy atom. The van der Waals surface area contributed by atoms with Crippen LogP contribution in [0.1, 0.15) is 38.3 Å². The minimum Gasteiger partial charge on any atom is -0.378 e. The van der Waals surface area contributed by atoms with Crippen molar-refractivity contribution in [1.29, 1.82) is 0 Å². The van der Waals surface area contributed by atoms with E-state index in [9.17, 15) is 4.79 Å². The Bertz CT molecular complexity index is 533. The molecule has 1 aliphatic carbocycles. The van der Waals surface area contributed by atoms with Crippen molar-refractivity contribution in [3.8, 4) is 0 Å². The van der Waals surface area contributed by atoms with Crippen molar-refractivity contribution < 1.29 is 9.53 Å². The van der Waals surface area contributed by atoms with E-state index in [0.717, 1.165) is 57.2 Å². The molecule has 138 valence electrons. The average Bonchev–Trinajstić information content (AvgIpc) is 2.62. The molecule has 0 spiro atoms. The molecule has 1 aromatic heterocycles. The molecule has 2 aliphatic rings. The van der Waals surface area contributed by atoms with E-state index in [-0.39, 0.29) is 11.9 Å². The molecular weight excluding hydrogens is 314 g/mol. The lowest BCUT2D eigenvalue weighted by atomic mass is 9.84. The van der Waals surface area contributed by atoms with Crippen molar-refractivity contribution in [2.45, 2.75) is 45.1 Å². The van der Waals surface area contributed by atoms with Gasteiger partial charge in [-0.05, 0) is 37.3 Å². The summed E-state index contributed by atoms with van der Waals surface area (Å²) in [5.74, 6) is 1.01. The summed E-state index contributed by atoms with van der Waals surface area (Å²) < 4.78 is 5.66. The first-order valence-corrected chi connectivity index (χ1v) is 9.78. The number of amides is 1. The molecule has 1 amide bonds. The quantitative estimate of drug-likeness (QED) is 0.726. The van der Waals surface area contributed by atoms with Crippen LogP contribution in [0.2, 0.25) is 0 Å². The minimum atomic E-state index is -0.107. The lowest BCUT2D eigenvalue weighted by Gasteiger charge is -2.40. The Hall–Kier alpha value is -1.46. The summed E-state index contributed by atoms with van der Waals surface area (Å²) in [5.41, 5.74) is 1.04. The summed E-state index contributed by atoms with van der Waals surface area (Å²) in [6, 6.07) is 5.85. The molecule has 5 heteroatoms. The van der Waals surface area contributed by atoms with E-state index in [1.807, 2.05) is 29.3 Å².